The quantitative estimate of drug-likeness (QED) is 0.729. The Kier molecular flexibility index (Phi) is 5.77. The molecule has 0 unspecified atom stereocenters. The van der Waals surface area contributed by atoms with Crippen molar-refractivity contribution in [2.24, 2.45) is 0 Å². The van der Waals surface area contributed by atoms with E-state index in [-0.39, 0.29) is 18.5 Å². The van der Waals surface area contributed by atoms with Crippen molar-refractivity contribution in [1.29, 1.82) is 0 Å². The topological polar surface area (TPSA) is 92.3 Å². The molecule has 0 atom stereocenters. The van der Waals surface area contributed by atoms with Gasteiger partial charge >= 0.3 is 6.01 Å². The lowest BCUT2D eigenvalue weighted by Gasteiger charge is -2.12. The summed E-state index contributed by atoms with van der Waals surface area (Å²) in [7, 11) is 5.08. The van der Waals surface area contributed by atoms with Gasteiger partial charge < -0.3 is 20.3 Å². The minimum atomic E-state index is -0.0672. The molecule has 0 fully saturated rings. The van der Waals surface area contributed by atoms with Gasteiger partial charge in [0.2, 0.25) is 17.8 Å². The fourth-order valence-corrected chi connectivity index (χ4v) is 1.12. The molecule has 106 valence electrons. The van der Waals surface area contributed by atoms with Gasteiger partial charge in [-0.2, -0.15) is 15.0 Å². The molecule has 8 nitrogen and oxygen atoms in total. The largest absolute Gasteiger partial charge is 0.463 e. The van der Waals surface area contributed by atoms with Gasteiger partial charge in [-0.05, 0) is 6.42 Å². The molecule has 1 amide bonds. The van der Waals surface area contributed by atoms with Crippen LogP contribution in [0.3, 0.4) is 0 Å². The number of carbonyl (C=O) groups excluding carboxylic acids is 1. The van der Waals surface area contributed by atoms with E-state index in [2.05, 4.69) is 25.6 Å². The van der Waals surface area contributed by atoms with Crippen molar-refractivity contribution in [1.82, 2.24) is 19.9 Å². The molecule has 0 bridgehead atoms. The van der Waals surface area contributed by atoms with E-state index in [1.165, 1.54) is 4.90 Å². The number of amides is 1. The third-order valence-corrected chi connectivity index (χ3v) is 2.17. The highest BCUT2D eigenvalue weighted by molar-refractivity contribution is 5.79. The summed E-state index contributed by atoms with van der Waals surface area (Å²) >= 11 is 0. The number of anilines is 2. The van der Waals surface area contributed by atoms with Crippen LogP contribution in [-0.4, -0.2) is 60.1 Å². The number of aromatic nitrogens is 3. The lowest BCUT2D eigenvalue weighted by atomic mass is 10.5. The third kappa shape index (κ3) is 4.94. The number of rotatable bonds is 7. The molecule has 0 aliphatic rings. The number of nitrogens with zero attached hydrogens (tertiary/aromatic N) is 4. The first-order chi connectivity index (χ1) is 9.06. The van der Waals surface area contributed by atoms with Crippen LogP contribution in [0.2, 0.25) is 0 Å². The number of carbonyl (C=O) groups is 1. The monoisotopic (exact) mass is 268 g/mol. The van der Waals surface area contributed by atoms with Gasteiger partial charge in [0.05, 0.1) is 13.2 Å². The molecule has 2 N–H and O–H groups in total. The van der Waals surface area contributed by atoms with E-state index in [4.69, 9.17) is 4.74 Å². The van der Waals surface area contributed by atoms with E-state index in [0.29, 0.717) is 18.5 Å². The lowest BCUT2D eigenvalue weighted by molar-refractivity contribution is -0.126. The van der Waals surface area contributed by atoms with Crippen LogP contribution >= 0.6 is 0 Å². The third-order valence-electron chi connectivity index (χ3n) is 2.17. The summed E-state index contributed by atoms with van der Waals surface area (Å²) in [6.07, 6.45) is 0.864. The zero-order valence-electron chi connectivity index (χ0n) is 11.7. The number of nitrogens with one attached hydrogen (secondary N) is 2. The molecule has 0 aliphatic carbocycles. The Labute approximate surface area is 112 Å². The Bertz CT molecular complexity index is 424. The number of ether oxygens (including phenoxy) is 1. The second kappa shape index (κ2) is 7.34. The molecule has 1 aromatic heterocycles. The number of likely N-dealkylation sites (N-methyl/N-ethyl adjacent to an activating group) is 1. The standard InChI is InChI=1S/C11H20N6O2/c1-5-6-19-11-15-9(12-2)14-10(16-11)13-7-8(18)17(3)4/h5-7H2,1-4H3,(H2,12,13,14,15,16). The van der Waals surface area contributed by atoms with Crippen molar-refractivity contribution >= 4 is 17.8 Å². The average molecular weight is 268 g/mol. The van der Waals surface area contributed by atoms with Gasteiger partial charge in [-0.15, -0.1) is 0 Å². The van der Waals surface area contributed by atoms with Crippen LogP contribution in [0.4, 0.5) is 11.9 Å². The van der Waals surface area contributed by atoms with Gasteiger partial charge in [0.1, 0.15) is 0 Å². The molecule has 8 heteroatoms. The molecule has 1 rings (SSSR count). The first-order valence-electron chi connectivity index (χ1n) is 6.07. The Morgan fingerprint density at radius 1 is 1.26 bits per heavy atom. The molecule has 0 saturated heterocycles. The zero-order valence-corrected chi connectivity index (χ0v) is 11.7. The molecule has 0 radical (unpaired) electrons. The van der Waals surface area contributed by atoms with Crippen molar-refractivity contribution in [3.05, 3.63) is 0 Å². The van der Waals surface area contributed by atoms with Crippen LogP contribution in [0.25, 0.3) is 0 Å². The van der Waals surface area contributed by atoms with Gasteiger partial charge in [0.15, 0.2) is 0 Å². The number of hydrogen-bond donors (Lipinski definition) is 2. The summed E-state index contributed by atoms with van der Waals surface area (Å²) in [5.41, 5.74) is 0. The van der Waals surface area contributed by atoms with Gasteiger partial charge in [0, 0.05) is 21.1 Å². The van der Waals surface area contributed by atoms with E-state index >= 15 is 0 Å². The van der Waals surface area contributed by atoms with Crippen molar-refractivity contribution < 1.29 is 9.53 Å². The second-order valence-electron chi connectivity index (χ2n) is 4.01. The van der Waals surface area contributed by atoms with Gasteiger partial charge in [-0.3, -0.25) is 4.79 Å². The fourth-order valence-electron chi connectivity index (χ4n) is 1.12. The maximum absolute atomic E-state index is 11.5. The first kappa shape index (κ1) is 14.9. The summed E-state index contributed by atoms with van der Waals surface area (Å²) in [5.74, 6) is 0.629. The molecular weight excluding hydrogens is 248 g/mol. The molecule has 19 heavy (non-hydrogen) atoms. The molecule has 1 aromatic rings. The first-order valence-corrected chi connectivity index (χ1v) is 6.07. The summed E-state index contributed by atoms with van der Waals surface area (Å²) < 4.78 is 5.36. The summed E-state index contributed by atoms with van der Waals surface area (Å²) in [6.45, 7) is 2.64. The molecule has 1 heterocycles. The van der Waals surface area contributed by atoms with Crippen LogP contribution in [0, 0.1) is 0 Å². The van der Waals surface area contributed by atoms with E-state index in [9.17, 15) is 4.79 Å². The number of hydrogen-bond acceptors (Lipinski definition) is 7. The van der Waals surface area contributed by atoms with E-state index < -0.39 is 0 Å². The SMILES string of the molecule is CCCOc1nc(NC)nc(NCC(=O)N(C)C)n1. The van der Waals surface area contributed by atoms with E-state index in [1.807, 2.05) is 6.92 Å². The molecule has 0 aliphatic heterocycles. The summed E-state index contributed by atoms with van der Waals surface area (Å²) in [6, 6.07) is 0.237. The van der Waals surface area contributed by atoms with Crippen LogP contribution < -0.4 is 15.4 Å². The average Bonchev–Trinajstić information content (AvgIpc) is 2.42. The Morgan fingerprint density at radius 2 is 1.95 bits per heavy atom. The highest BCUT2D eigenvalue weighted by Gasteiger charge is 2.09. The Morgan fingerprint density at radius 3 is 2.53 bits per heavy atom. The smallest absolute Gasteiger partial charge is 0.323 e. The maximum atomic E-state index is 11.5. The highest BCUT2D eigenvalue weighted by atomic mass is 16.5. The molecule has 0 aromatic carbocycles. The minimum Gasteiger partial charge on any atom is -0.463 e. The highest BCUT2D eigenvalue weighted by Crippen LogP contribution is 2.10. The van der Waals surface area contributed by atoms with Gasteiger partial charge in [0.25, 0.3) is 0 Å². The van der Waals surface area contributed by atoms with Crippen LogP contribution in [-0.2, 0) is 4.79 Å². The Hall–Kier alpha value is -2.12. The molecule has 0 saturated carbocycles. The van der Waals surface area contributed by atoms with Crippen molar-refractivity contribution in [3.63, 3.8) is 0 Å². The van der Waals surface area contributed by atoms with E-state index in [1.54, 1.807) is 21.1 Å². The van der Waals surface area contributed by atoms with Gasteiger partial charge in [-0.1, -0.05) is 6.92 Å². The summed E-state index contributed by atoms with van der Waals surface area (Å²) in [4.78, 5) is 25.2. The predicted octanol–water partition coefficient (Wildman–Crippen LogP) is 0.202. The maximum Gasteiger partial charge on any atom is 0.323 e. The van der Waals surface area contributed by atoms with Crippen molar-refractivity contribution in [3.8, 4) is 6.01 Å². The lowest BCUT2D eigenvalue weighted by Crippen LogP contribution is -2.29. The fraction of sp³-hybridized carbons (Fsp3) is 0.636. The predicted molar refractivity (Wildman–Crippen MR) is 72.3 cm³/mol. The van der Waals surface area contributed by atoms with Crippen LogP contribution in [0.15, 0.2) is 0 Å². The van der Waals surface area contributed by atoms with Crippen LogP contribution in [0.5, 0.6) is 6.01 Å². The zero-order chi connectivity index (χ0) is 14.3. The van der Waals surface area contributed by atoms with Crippen LogP contribution in [0.1, 0.15) is 13.3 Å². The van der Waals surface area contributed by atoms with Crippen molar-refractivity contribution in [2.45, 2.75) is 13.3 Å². The molecule has 0 spiro atoms. The van der Waals surface area contributed by atoms with Gasteiger partial charge in [-0.25, -0.2) is 0 Å². The molecular formula is C11H20N6O2. The van der Waals surface area contributed by atoms with E-state index in [0.717, 1.165) is 6.42 Å². The Balaban J connectivity index is 2.73. The normalized spacial score (nSPS) is 9.89. The minimum absolute atomic E-state index is 0.0672. The van der Waals surface area contributed by atoms with Crippen molar-refractivity contribution in [2.75, 3.05) is 44.9 Å². The summed E-state index contributed by atoms with van der Waals surface area (Å²) in [5, 5.41) is 5.66. The second-order valence-corrected chi connectivity index (χ2v) is 4.01.